The summed E-state index contributed by atoms with van der Waals surface area (Å²) >= 11 is 0. The SMILES string of the molecule is Cc1ccc(Oc2cc(CNC(C)C)cc(C)n2)cc1. The Hall–Kier alpha value is -1.87. The van der Waals surface area contributed by atoms with E-state index in [4.69, 9.17) is 4.74 Å². The number of rotatable bonds is 5. The van der Waals surface area contributed by atoms with E-state index in [9.17, 15) is 0 Å². The van der Waals surface area contributed by atoms with Crippen LogP contribution in [0.4, 0.5) is 0 Å². The van der Waals surface area contributed by atoms with Crippen LogP contribution in [0.1, 0.15) is 30.7 Å². The molecule has 0 saturated carbocycles. The number of aromatic nitrogens is 1. The molecule has 20 heavy (non-hydrogen) atoms. The summed E-state index contributed by atoms with van der Waals surface area (Å²) < 4.78 is 5.82. The predicted molar refractivity (Wildman–Crippen MR) is 82.2 cm³/mol. The maximum Gasteiger partial charge on any atom is 0.219 e. The standard InChI is InChI=1S/C17H22N2O/c1-12(2)18-11-15-9-14(4)19-17(10-15)20-16-7-5-13(3)6-8-16/h5-10,12,18H,11H2,1-4H3. The molecule has 2 rings (SSSR count). The molecule has 1 N–H and O–H groups in total. The molecule has 0 amide bonds. The lowest BCUT2D eigenvalue weighted by Crippen LogP contribution is -2.21. The van der Waals surface area contributed by atoms with Crippen molar-refractivity contribution in [3.05, 3.63) is 53.2 Å². The highest BCUT2D eigenvalue weighted by Gasteiger charge is 2.04. The van der Waals surface area contributed by atoms with Crippen LogP contribution in [0.2, 0.25) is 0 Å². The lowest BCUT2D eigenvalue weighted by atomic mass is 10.2. The number of pyridine rings is 1. The zero-order valence-corrected chi connectivity index (χ0v) is 12.6. The Morgan fingerprint density at radius 1 is 1.10 bits per heavy atom. The van der Waals surface area contributed by atoms with E-state index >= 15 is 0 Å². The van der Waals surface area contributed by atoms with Crippen LogP contribution in [0.25, 0.3) is 0 Å². The monoisotopic (exact) mass is 270 g/mol. The Labute approximate surface area is 121 Å². The molecule has 0 atom stereocenters. The van der Waals surface area contributed by atoms with Crippen molar-refractivity contribution in [1.29, 1.82) is 0 Å². The molecule has 0 unspecified atom stereocenters. The van der Waals surface area contributed by atoms with Gasteiger partial charge in [0.1, 0.15) is 5.75 Å². The first-order valence-corrected chi connectivity index (χ1v) is 6.98. The van der Waals surface area contributed by atoms with E-state index in [-0.39, 0.29) is 0 Å². The van der Waals surface area contributed by atoms with E-state index < -0.39 is 0 Å². The predicted octanol–water partition coefficient (Wildman–Crippen LogP) is 3.99. The number of hydrogen-bond acceptors (Lipinski definition) is 3. The third-order valence-corrected chi connectivity index (χ3v) is 2.95. The van der Waals surface area contributed by atoms with E-state index in [1.165, 1.54) is 11.1 Å². The van der Waals surface area contributed by atoms with Crippen molar-refractivity contribution >= 4 is 0 Å². The van der Waals surface area contributed by atoms with Crippen molar-refractivity contribution in [1.82, 2.24) is 10.3 Å². The molecule has 0 fully saturated rings. The Balaban J connectivity index is 2.13. The summed E-state index contributed by atoms with van der Waals surface area (Å²) in [4.78, 5) is 4.43. The van der Waals surface area contributed by atoms with Gasteiger partial charge in [-0.3, -0.25) is 0 Å². The molecule has 0 bridgehead atoms. The molecule has 0 radical (unpaired) electrons. The normalized spacial score (nSPS) is 10.8. The van der Waals surface area contributed by atoms with Crippen LogP contribution in [0, 0.1) is 13.8 Å². The van der Waals surface area contributed by atoms with Crippen LogP contribution < -0.4 is 10.1 Å². The Morgan fingerprint density at radius 3 is 2.45 bits per heavy atom. The molecule has 1 aromatic carbocycles. The summed E-state index contributed by atoms with van der Waals surface area (Å²) in [5.41, 5.74) is 3.37. The van der Waals surface area contributed by atoms with E-state index in [2.05, 4.69) is 37.1 Å². The number of nitrogens with one attached hydrogen (secondary N) is 1. The van der Waals surface area contributed by atoms with Gasteiger partial charge in [-0.25, -0.2) is 4.98 Å². The van der Waals surface area contributed by atoms with Crippen molar-refractivity contribution in [3.8, 4) is 11.6 Å². The van der Waals surface area contributed by atoms with Gasteiger partial charge in [-0.2, -0.15) is 0 Å². The first-order chi connectivity index (χ1) is 9.52. The zero-order chi connectivity index (χ0) is 14.5. The summed E-state index contributed by atoms with van der Waals surface area (Å²) in [6.45, 7) is 9.14. The van der Waals surface area contributed by atoms with Gasteiger partial charge in [-0.15, -0.1) is 0 Å². The van der Waals surface area contributed by atoms with Gasteiger partial charge in [-0.05, 0) is 37.6 Å². The second kappa shape index (κ2) is 6.53. The van der Waals surface area contributed by atoms with Gasteiger partial charge in [0, 0.05) is 24.3 Å². The average molecular weight is 270 g/mol. The largest absolute Gasteiger partial charge is 0.439 e. The number of hydrogen-bond donors (Lipinski definition) is 1. The van der Waals surface area contributed by atoms with Crippen LogP contribution in [0.15, 0.2) is 36.4 Å². The average Bonchev–Trinajstić information content (AvgIpc) is 2.38. The molecular formula is C17H22N2O. The summed E-state index contributed by atoms with van der Waals surface area (Å²) in [6, 6.07) is 12.5. The first kappa shape index (κ1) is 14.5. The van der Waals surface area contributed by atoms with Gasteiger partial charge in [0.05, 0.1) is 0 Å². The number of ether oxygens (including phenoxy) is 1. The van der Waals surface area contributed by atoms with Gasteiger partial charge < -0.3 is 10.1 Å². The zero-order valence-electron chi connectivity index (χ0n) is 12.6. The van der Waals surface area contributed by atoms with Crippen molar-refractivity contribution in [2.45, 2.75) is 40.3 Å². The van der Waals surface area contributed by atoms with Gasteiger partial charge >= 0.3 is 0 Å². The van der Waals surface area contributed by atoms with Crippen LogP contribution in [-0.2, 0) is 6.54 Å². The van der Waals surface area contributed by atoms with Crippen LogP contribution in [-0.4, -0.2) is 11.0 Å². The molecule has 2 aromatic rings. The lowest BCUT2D eigenvalue weighted by molar-refractivity contribution is 0.459. The molecular weight excluding hydrogens is 248 g/mol. The molecule has 1 heterocycles. The molecule has 3 nitrogen and oxygen atoms in total. The third kappa shape index (κ3) is 4.35. The Kier molecular flexibility index (Phi) is 4.74. The highest BCUT2D eigenvalue weighted by Crippen LogP contribution is 2.21. The van der Waals surface area contributed by atoms with Gasteiger partial charge in [0.25, 0.3) is 0 Å². The third-order valence-electron chi connectivity index (χ3n) is 2.95. The molecule has 0 aliphatic heterocycles. The molecule has 106 valence electrons. The fourth-order valence-electron chi connectivity index (χ4n) is 1.91. The summed E-state index contributed by atoms with van der Waals surface area (Å²) in [5, 5.41) is 3.40. The van der Waals surface area contributed by atoms with E-state index in [1.807, 2.05) is 37.3 Å². The maximum atomic E-state index is 5.82. The highest BCUT2D eigenvalue weighted by atomic mass is 16.5. The lowest BCUT2D eigenvalue weighted by Gasteiger charge is -2.11. The molecule has 3 heteroatoms. The smallest absolute Gasteiger partial charge is 0.219 e. The summed E-state index contributed by atoms with van der Waals surface area (Å²) in [5.74, 6) is 1.46. The van der Waals surface area contributed by atoms with E-state index in [1.54, 1.807) is 0 Å². The number of nitrogens with zero attached hydrogens (tertiary/aromatic N) is 1. The highest BCUT2D eigenvalue weighted by molar-refractivity contribution is 5.32. The second-order valence-electron chi connectivity index (χ2n) is 5.41. The van der Waals surface area contributed by atoms with Crippen molar-refractivity contribution in [2.75, 3.05) is 0 Å². The minimum absolute atomic E-state index is 0.463. The summed E-state index contributed by atoms with van der Waals surface area (Å²) in [7, 11) is 0. The molecule has 0 spiro atoms. The summed E-state index contributed by atoms with van der Waals surface area (Å²) in [6.07, 6.45) is 0. The van der Waals surface area contributed by atoms with Crippen LogP contribution in [0.3, 0.4) is 0 Å². The topological polar surface area (TPSA) is 34.1 Å². The number of aryl methyl sites for hydroxylation is 2. The van der Waals surface area contributed by atoms with E-state index in [0.717, 1.165) is 18.0 Å². The van der Waals surface area contributed by atoms with Gasteiger partial charge in [-0.1, -0.05) is 31.5 Å². The molecule has 0 saturated heterocycles. The number of benzene rings is 1. The maximum absolute atomic E-state index is 5.82. The van der Waals surface area contributed by atoms with Crippen molar-refractivity contribution in [3.63, 3.8) is 0 Å². The Morgan fingerprint density at radius 2 is 1.80 bits per heavy atom. The van der Waals surface area contributed by atoms with Gasteiger partial charge in [0.2, 0.25) is 5.88 Å². The fourth-order valence-corrected chi connectivity index (χ4v) is 1.91. The van der Waals surface area contributed by atoms with Crippen molar-refractivity contribution < 1.29 is 4.74 Å². The molecule has 0 aliphatic carbocycles. The van der Waals surface area contributed by atoms with Crippen molar-refractivity contribution in [2.24, 2.45) is 0 Å². The fraction of sp³-hybridized carbons (Fsp3) is 0.353. The van der Waals surface area contributed by atoms with Crippen LogP contribution >= 0.6 is 0 Å². The minimum Gasteiger partial charge on any atom is -0.439 e. The first-order valence-electron chi connectivity index (χ1n) is 6.98. The van der Waals surface area contributed by atoms with Crippen LogP contribution in [0.5, 0.6) is 11.6 Å². The van der Waals surface area contributed by atoms with E-state index in [0.29, 0.717) is 11.9 Å². The van der Waals surface area contributed by atoms with Gasteiger partial charge in [0.15, 0.2) is 0 Å². The minimum atomic E-state index is 0.463. The molecule has 1 aromatic heterocycles. The second-order valence-corrected chi connectivity index (χ2v) is 5.41. The molecule has 0 aliphatic rings. The quantitative estimate of drug-likeness (QED) is 0.892. The Bertz CT molecular complexity index is 562.